The molecule has 8 heteroatoms. The zero-order valence-corrected chi connectivity index (χ0v) is 17.0. The fourth-order valence-corrected chi connectivity index (χ4v) is 4.76. The lowest BCUT2D eigenvalue weighted by Gasteiger charge is -2.28. The molecular weight excluding hydrogens is 390 g/mol. The number of nitriles is 1. The van der Waals surface area contributed by atoms with Gasteiger partial charge in [-0.1, -0.05) is 12.1 Å². The molecule has 3 rings (SSSR count). The second-order valence-electron chi connectivity index (χ2n) is 6.84. The fourth-order valence-electron chi connectivity index (χ4n) is 3.29. The van der Waals surface area contributed by atoms with Gasteiger partial charge in [-0.25, -0.2) is 8.42 Å². The van der Waals surface area contributed by atoms with Crippen molar-refractivity contribution in [2.24, 2.45) is 0 Å². The highest BCUT2D eigenvalue weighted by molar-refractivity contribution is 7.89. The number of methoxy groups -OCH3 is 1. The summed E-state index contributed by atoms with van der Waals surface area (Å²) in [7, 11) is -1.80. The van der Waals surface area contributed by atoms with Crippen LogP contribution in [0.5, 0.6) is 5.75 Å². The van der Waals surface area contributed by atoms with E-state index in [2.05, 4.69) is 5.32 Å². The number of hydrogen-bond acceptors (Lipinski definition) is 5. The Balaban J connectivity index is 1.51. The van der Waals surface area contributed by atoms with Crippen molar-refractivity contribution in [1.82, 2.24) is 9.62 Å². The van der Waals surface area contributed by atoms with E-state index in [-0.39, 0.29) is 18.2 Å². The van der Waals surface area contributed by atoms with E-state index in [0.29, 0.717) is 37.1 Å². The molecule has 0 aliphatic carbocycles. The summed E-state index contributed by atoms with van der Waals surface area (Å²) in [5, 5.41) is 11.6. The zero-order chi connectivity index (χ0) is 20.9. The van der Waals surface area contributed by atoms with E-state index in [9.17, 15) is 13.2 Å². The molecule has 0 radical (unpaired) electrons. The Labute approximate surface area is 171 Å². The van der Waals surface area contributed by atoms with Gasteiger partial charge in [-0.05, 0) is 54.3 Å². The molecule has 0 saturated carbocycles. The van der Waals surface area contributed by atoms with Gasteiger partial charge in [0.1, 0.15) is 5.75 Å². The topological polar surface area (TPSA) is 99.5 Å². The maximum Gasteiger partial charge on any atom is 0.251 e. The predicted molar refractivity (Wildman–Crippen MR) is 109 cm³/mol. The molecule has 2 aromatic rings. The highest BCUT2D eigenvalue weighted by Gasteiger charge is 2.26. The largest absolute Gasteiger partial charge is 0.497 e. The average Bonchev–Trinajstić information content (AvgIpc) is 2.75. The van der Waals surface area contributed by atoms with E-state index in [0.717, 1.165) is 16.9 Å². The summed E-state index contributed by atoms with van der Waals surface area (Å²) in [5.41, 5.74) is 2.90. The number of amides is 1. The van der Waals surface area contributed by atoms with Crippen LogP contribution < -0.4 is 10.1 Å². The standard InChI is InChI=1S/C21H23N3O4S/c1-28-20-7-6-19-15-24(10-8-17(19)13-20)29(26,27)11-3-9-23-21(25)18-5-2-4-16(12-18)14-22/h2,4-7,12-13H,3,8-11,15H2,1H3,(H,23,25). The second-order valence-corrected chi connectivity index (χ2v) is 8.92. The summed E-state index contributed by atoms with van der Waals surface area (Å²) in [6.07, 6.45) is 0.968. The maximum absolute atomic E-state index is 12.7. The van der Waals surface area contributed by atoms with E-state index in [1.54, 1.807) is 25.3 Å². The Morgan fingerprint density at radius 1 is 1.24 bits per heavy atom. The number of sulfonamides is 1. The molecule has 1 N–H and O–H groups in total. The van der Waals surface area contributed by atoms with Crippen molar-refractivity contribution in [1.29, 1.82) is 5.26 Å². The van der Waals surface area contributed by atoms with Gasteiger partial charge in [0, 0.05) is 25.2 Å². The molecular formula is C21H23N3O4S. The van der Waals surface area contributed by atoms with Crippen LogP contribution in [0.4, 0.5) is 0 Å². The molecule has 0 saturated heterocycles. The molecule has 1 aliphatic rings. The molecule has 1 amide bonds. The highest BCUT2D eigenvalue weighted by atomic mass is 32.2. The first-order valence-electron chi connectivity index (χ1n) is 9.35. The van der Waals surface area contributed by atoms with E-state index in [4.69, 9.17) is 10.00 Å². The van der Waals surface area contributed by atoms with Crippen LogP contribution in [-0.2, 0) is 23.0 Å². The van der Waals surface area contributed by atoms with E-state index >= 15 is 0 Å². The maximum atomic E-state index is 12.7. The Hall–Kier alpha value is -2.89. The third-order valence-corrected chi connectivity index (χ3v) is 6.81. The van der Waals surface area contributed by atoms with Gasteiger partial charge in [-0.3, -0.25) is 4.79 Å². The van der Waals surface area contributed by atoms with Crippen LogP contribution >= 0.6 is 0 Å². The Morgan fingerprint density at radius 3 is 2.83 bits per heavy atom. The van der Waals surface area contributed by atoms with Gasteiger partial charge in [0.05, 0.1) is 24.5 Å². The van der Waals surface area contributed by atoms with Crippen molar-refractivity contribution >= 4 is 15.9 Å². The summed E-state index contributed by atoms with van der Waals surface area (Å²) >= 11 is 0. The van der Waals surface area contributed by atoms with E-state index in [1.165, 1.54) is 10.4 Å². The van der Waals surface area contributed by atoms with E-state index in [1.807, 2.05) is 24.3 Å². The number of ether oxygens (including phenoxy) is 1. The number of rotatable bonds is 7. The van der Waals surface area contributed by atoms with Crippen LogP contribution in [0.25, 0.3) is 0 Å². The summed E-state index contributed by atoms with van der Waals surface area (Å²) in [4.78, 5) is 12.1. The number of nitrogens with zero attached hydrogens (tertiary/aromatic N) is 2. The summed E-state index contributed by atoms with van der Waals surface area (Å²) in [6, 6.07) is 14.1. The Bertz CT molecular complexity index is 1040. The first-order chi connectivity index (χ1) is 13.9. The van der Waals surface area contributed by atoms with Gasteiger partial charge >= 0.3 is 0 Å². The molecule has 7 nitrogen and oxygen atoms in total. The Morgan fingerprint density at radius 2 is 2.07 bits per heavy atom. The van der Waals surface area contributed by atoms with Crippen LogP contribution in [0.1, 0.15) is 33.5 Å². The van der Waals surface area contributed by atoms with Gasteiger partial charge in [0.2, 0.25) is 10.0 Å². The number of hydrogen-bond donors (Lipinski definition) is 1. The smallest absolute Gasteiger partial charge is 0.251 e. The lowest BCUT2D eigenvalue weighted by Crippen LogP contribution is -2.38. The molecule has 0 bridgehead atoms. The lowest BCUT2D eigenvalue weighted by molar-refractivity contribution is 0.0953. The first kappa shape index (κ1) is 20.8. The second kappa shape index (κ2) is 9.07. The molecule has 1 aliphatic heterocycles. The average molecular weight is 413 g/mol. The van der Waals surface area contributed by atoms with Crippen molar-refractivity contribution in [2.75, 3.05) is 26.0 Å². The fraction of sp³-hybridized carbons (Fsp3) is 0.333. The molecule has 152 valence electrons. The van der Waals surface area contributed by atoms with Crippen molar-refractivity contribution in [3.63, 3.8) is 0 Å². The van der Waals surface area contributed by atoms with Crippen LogP contribution in [-0.4, -0.2) is 44.6 Å². The van der Waals surface area contributed by atoms with Gasteiger partial charge in [-0.2, -0.15) is 9.57 Å². The highest BCUT2D eigenvalue weighted by Crippen LogP contribution is 2.25. The number of nitrogens with one attached hydrogen (secondary N) is 1. The van der Waals surface area contributed by atoms with Gasteiger partial charge in [0.15, 0.2) is 0 Å². The minimum Gasteiger partial charge on any atom is -0.497 e. The molecule has 1 heterocycles. The summed E-state index contributed by atoms with van der Waals surface area (Å²) in [5.74, 6) is 0.424. The summed E-state index contributed by atoms with van der Waals surface area (Å²) in [6.45, 7) is 1.04. The monoisotopic (exact) mass is 413 g/mol. The quantitative estimate of drug-likeness (QED) is 0.701. The van der Waals surface area contributed by atoms with Crippen molar-refractivity contribution in [2.45, 2.75) is 19.4 Å². The minimum atomic E-state index is -3.41. The Kier molecular flexibility index (Phi) is 6.52. The molecule has 29 heavy (non-hydrogen) atoms. The normalized spacial score (nSPS) is 13.9. The molecule has 0 atom stereocenters. The first-order valence-corrected chi connectivity index (χ1v) is 11.0. The predicted octanol–water partition coefficient (Wildman–Crippen LogP) is 2.07. The van der Waals surface area contributed by atoms with Crippen molar-refractivity contribution in [3.05, 3.63) is 64.7 Å². The SMILES string of the molecule is COc1ccc2c(c1)CCN(S(=O)(=O)CCCNC(=O)c1cccc(C#N)c1)C2. The summed E-state index contributed by atoms with van der Waals surface area (Å²) < 4.78 is 32.1. The van der Waals surface area contributed by atoms with Crippen LogP contribution in [0, 0.1) is 11.3 Å². The molecule has 0 unspecified atom stereocenters. The third-order valence-electron chi connectivity index (χ3n) is 4.90. The third kappa shape index (κ3) is 5.13. The van der Waals surface area contributed by atoms with Gasteiger partial charge in [-0.15, -0.1) is 0 Å². The molecule has 0 fully saturated rings. The van der Waals surface area contributed by atoms with E-state index < -0.39 is 10.0 Å². The van der Waals surface area contributed by atoms with Crippen LogP contribution in [0.3, 0.4) is 0 Å². The number of fused-ring (bicyclic) bond motifs is 1. The van der Waals surface area contributed by atoms with Crippen LogP contribution in [0.2, 0.25) is 0 Å². The van der Waals surface area contributed by atoms with Crippen molar-refractivity contribution in [3.8, 4) is 11.8 Å². The molecule has 0 spiro atoms. The number of carbonyl (C=O) groups excluding carboxylic acids is 1. The number of carbonyl (C=O) groups is 1. The van der Waals surface area contributed by atoms with Crippen LogP contribution in [0.15, 0.2) is 42.5 Å². The lowest BCUT2D eigenvalue weighted by atomic mass is 10.0. The minimum absolute atomic E-state index is 0.0308. The van der Waals surface area contributed by atoms with Gasteiger partial charge in [0.25, 0.3) is 5.91 Å². The molecule has 0 aromatic heterocycles. The van der Waals surface area contributed by atoms with Gasteiger partial charge < -0.3 is 10.1 Å². The van der Waals surface area contributed by atoms with Crippen molar-refractivity contribution < 1.29 is 17.9 Å². The number of benzene rings is 2. The zero-order valence-electron chi connectivity index (χ0n) is 16.2. The molecule has 2 aromatic carbocycles.